The van der Waals surface area contributed by atoms with Crippen molar-refractivity contribution in [1.29, 1.82) is 0 Å². The van der Waals surface area contributed by atoms with Crippen LogP contribution in [0.4, 0.5) is 0 Å². The summed E-state index contributed by atoms with van der Waals surface area (Å²) in [6.45, 7) is 8.38. The predicted molar refractivity (Wildman–Crippen MR) is 135 cm³/mol. The van der Waals surface area contributed by atoms with E-state index in [0.29, 0.717) is 31.6 Å². The van der Waals surface area contributed by atoms with Crippen molar-refractivity contribution in [3.8, 4) is 5.75 Å². The molecule has 6 N–H and O–H groups in total. The Hall–Kier alpha value is -2.49. The smallest absolute Gasteiger partial charge is 0.308 e. The molecular weight excluding hydrogens is 434 g/mol. The van der Waals surface area contributed by atoms with Crippen molar-refractivity contribution in [3.63, 3.8) is 0 Å². The molecule has 0 aliphatic heterocycles. The van der Waals surface area contributed by atoms with Gasteiger partial charge in [0.25, 0.3) is 0 Å². The van der Waals surface area contributed by atoms with Gasteiger partial charge in [-0.05, 0) is 82.5 Å². The number of carbonyl (C=O) groups excluding carboxylic acids is 3. The lowest BCUT2D eigenvalue weighted by Gasteiger charge is -2.19. The van der Waals surface area contributed by atoms with Crippen LogP contribution in [0.15, 0.2) is 24.3 Å². The molecule has 0 aliphatic rings. The maximum Gasteiger partial charge on any atom is 0.308 e. The fourth-order valence-corrected chi connectivity index (χ4v) is 3.32. The molecule has 0 aromatic heterocycles. The highest BCUT2D eigenvalue weighted by Gasteiger charge is 2.20. The molecule has 0 saturated carbocycles. The summed E-state index contributed by atoms with van der Waals surface area (Å²) < 4.78 is 5.04. The fraction of sp³-hybridized carbons (Fsp3) is 0.640. The predicted octanol–water partition coefficient (Wildman–Crippen LogP) is 1.25. The molecule has 0 fully saturated rings. The third-order valence-electron chi connectivity index (χ3n) is 5.10. The third kappa shape index (κ3) is 14.6. The van der Waals surface area contributed by atoms with Gasteiger partial charge in [-0.2, -0.15) is 0 Å². The second kappa shape index (κ2) is 18.9. The Morgan fingerprint density at radius 2 is 1.53 bits per heavy atom. The highest BCUT2D eigenvalue weighted by Crippen LogP contribution is 2.14. The van der Waals surface area contributed by atoms with Crippen molar-refractivity contribution in [1.82, 2.24) is 21.3 Å². The van der Waals surface area contributed by atoms with Crippen LogP contribution in [0.25, 0.3) is 0 Å². The molecule has 1 rings (SSSR count). The molecule has 1 aromatic carbocycles. The maximum atomic E-state index is 12.8. The van der Waals surface area contributed by atoms with Crippen molar-refractivity contribution in [2.24, 2.45) is 5.73 Å². The van der Waals surface area contributed by atoms with E-state index >= 15 is 0 Å². The monoisotopic (exact) mass is 477 g/mol. The number of hydrogen-bond acceptors (Lipinski definition) is 7. The molecule has 0 unspecified atom stereocenters. The minimum Gasteiger partial charge on any atom is -0.427 e. The van der Waals surface area contributed by atoms with Gasteiger partial charge < -0.3 is 31.7 Å². The summed E-state index contributed by atoms with van der Waals surface area (Å²) >= 11 is 0. The first-order valence-corrected chi connectivity index (χ1v) is 12.4. The normalized spacial score (nSPS) is 11.6. The summed E-state index contributed by atoms with van der Waals surface area (Å²) in [4.78, 5) is 36.0. The highest BCUT2D eigenvalue weighted by atomic mass is 16.5. The molecule has 0 heterocycles. The molecule has 0 bridgehead atoms. The van der Waals surface area contributed by atoms with Crippen LogP contribution >= 0.6 is 0 Å². The first kappa shape index (κ1) is 29.5. The van der Waals surface area contributed by atoms with E-state index in [2.05, 4.69) is 21.3 Å². The highest BCUT2D eigenvalue weighted by molar-refractivity contribution is 5.87. The van der Waals surface area contributed by atoms with E-state index in [1.54, 1.807) is 24.3 Å². The number of esters is 1. The SMILES string of the molecule is CCCC(=O)N[C@@H](Cc1ccc(OC(C)=O)cc1)C(=O)NCCCCNCCCNCCCN. The number of rotatable bonds is 19. The molecule has 0 radical (unpaired) electrons. The Balaban J connectivity index is 2.36. The number of nitrogens with one attached hydrogen (secondary N) is 4. The van der Waals surface area contributed by atoms with Crippen LogP contribution in [0, 0.1) is 0 Å². The Morgan fingerprint density at radius 3 is 2.15 bits per heavy atom. The average molecular weight is 478 g/mol. The van der Waals surface area contributed by atoms with Crippen molar-refractivity contribution in [2.45, 2.75) is 64.8 Å². The minimum absolute atomic E-state index is 0.138. The third-order valence-corrected chi connectivity index (χ3v) is 5.10. The molecule has 0 aliphatic carbocycles. The van der Waals surface area contributed by atoms with Gasteiger partial charge in [-0.25, -0.2) is 0 Å². The van der Waals surface area contributed by atoms with Crippen molar-refractivity contribution in [2.75, 3.05) is 39.3 Å². The average Bonchev–Trinajstić information content (AvgIpc) is 2.80. The lowest BCUT2D eigenvalue weighted by atomic mass is 10.0. The van der Waals surface area contributed by atoms with Gasteiger partial charge in [-0.15, -0.1) is 0 Å². The van der Waals surface area contributed by atoms with Crippen molar-refractivity contribution in [3.05, 3.63) is 29.8 Å². The van der Waals surface area contributed by atoms with Gasteiger partial charge in [-0.1, -0.05) is 19.1 Å². The summed E-state index contributed by atoms with van der Waals surface area (Å²) in [6.07, 6.45) is 5.36. The molecule has 9 heteroatoms. The van der Waals surface area contributed by atoms with E-state index in [1.165, 1.54) is 6.92 Å². The van der Waals surface area contributed by atoms with Crippen LogP contribution in [-0.4, -0.2) is 63.1 Å². The quantitative estimate of drug-likeness (QED) is 0.115. The maximum absolute atomic E-state index is 12.8. The Morgan fingerprint density at radius 1 is 0.912 bits per heavy atom. The number of ether oxygens (including phenoxy) is 1. The molecule has 2 amide bonds. The summed E-state index contributed by atoms with van der Waals surface area (Å²) in [5, 5.41) is 12.6. The largest absolute Gasteiger partial charge is 0.427 e. The summed E-state index contributed by atoms with van der Waals surface area (Å²) in [5.41, 5.74) is 6.33. The van der Waals surface area contributed by atoms with Gasteiger partial charge in [0.15, 0.2) is 0 Å². The summed E-state index contributed by atoms with van der Waals surface area (Å²) in [5.74, 6) is -0.267. The lowest BCUT2D eigenvalue weighted by Crippen LogP contribution is -2.48. The zero-order valence-electron chi connectivity index (χ0n) is 20.8. The number of unbranched alkanes of at least 4 members (excludes halogenated alkanes) is 1. The molecular formula is C25H43N5O4. The topological polar surface area (TPSA) is 135 Å². The molecule has 1 atom stereocenters. The van der Waals surface area contributed by atoms with E-state index < -0.39 is 6.04 Å². The van der Waals surface area contributed by atoms with E-state index in [4.69, 9.17) is 10.5 Å². The molecule has 0 spiro atoms. The number of hydrogen-bond donors (Lipinski definition) is 5. The van der Waals surface area contributed by atoms with Gasteiger partial charge >= 0.3 is 5.97 Å². The van der Waals surface area contributed by atoms with Gasteiger partial charge in [-0.3, -0.25) is 14.4 Å². The second-order valence-corrected chi connectivity index (χ2v) is 8.31. The number of amides is 2. The van der Waals surface area contributed by atoms with Crippen LogP contribution in [0.1, 0.15) is 57.9 Å². The van der Waals surface area contributed by atoms with Crippen LogP contribution in [0.5, 0.6) is 5.75 Å². The van der Waals surface area contributed by atoms with E-state index in [-0.39, 0.29) is 17.8 Å². The first-order chi connectivity index (χ1) is 16.5. The van der Waals surface area contributed by atoms with Crippen molar-refractivity contribution < 1.29 is 19.1 Å². The van der Waals surface area contributed by atoms with Crippen LogP contribution in [0.3, 0.4) is 0 Å². The van der Waals surface area contributed by atoms with E-state index in [1.807, 2.05) is 6.92 Å². The zero-order valence-corrected chi connectivity index (χ0v) is 20.8. The molecule has 0 saturated heterocycles. The van der Waals surface area contributed by atoms with Crippen LogP contribution in [0.2, 0.25) is 0 Å². The van der Waals surface area contributed by atoms with Gasteiger partial charge in [0.05, 0.1) is 0 Å². The Bertz CT molecular complexity index is 712. The van der Waals surface area contributed by atoms with E-state index in [9.17, 15) is 14.4 Å². The fourth-order valence-electron chi connectivity index (χ4n) is 3.32. The van der Waals surface area contributed by atoms with Gasteiger partial charge in [0.1, 0.15) is 11.8 Å². The number of carbonyl (C=O) groups is 3. The second-order valence-electron chi connectivity index (χ2n) is 8.31. The van der Waals surface area contributed by atoms with Crippen LogP contribution in [-0.2, 0) is 20.8 Å². The van der Waals surface area contributed by atoms with Crippen molar-refractivity contribution >= 4 is 17.8 Å². The molecule has 9 nitrogen and oxygen atoms in total. The number of nitrogens with two attached hydrogens (primary N) is 1. The summed E-state index contributed by atoms with van der Waals surface area (Å²) in [7, 11) is 0. The van der Waals surface area contributed by atoms with Gasteiger partial charge in [0.2, 0.25) is 11.8 Å². The summed E-state index contributed by atoms with van der Waals surface area (Å²) in [6, 6.07) is 6.31. The molecule has 34 heavy (non-hydrogen) atoms. The molecule has 192 valence electrons. The zero-order chi connectivity index (χ0) is 25.0. The van der Waals surface area contributed by atoms with Gasteiger partial charge in [0, 0.05) is 26.3 Å². The molecule has 1 aromatic rings. The van der Waals surface area contributed by atoms with Crippen LogP contribution < -0.4 is 31.7 Å². The minimum atomic E-state index is -0.650. The van der Waals surface area contributed by atoms with E-state index in [0.717, 1.165) is 64.0 Å². The number of benzene rings is 1. The lowest BCUT2D eigenvalue weighted by molar-refractivity contribution is -0.131. The Kier molecular flexibility index (Phi) is 16.4. The Labute approximate surface area is 204 Å². The standard InChI is InChI=1S/C25H43N5O4/c1-3-8-24(32)30-23(19-21-9-11-22(12-10-21)34-20(2)31)25(33)29-18-5-4-14-27-16-7-17-28-15-6-13-26/h9-12,23,27-28H,3-8,13-19,26H2,1-2H3,(H,29,33)(H,30,32)/t23-/m0/s1. The first-order valence-electron chi connectivity index (χ1n) is 12.4.